The number of hydrogen-bond donors (Lipinski definition) is 2. The van der Waals surface area contributed by atoms with E-state index in [1.165, 1.54) is 17.4 Å². The Balaban J connectivity index is 0.00000220. The highest BCUT2D eigenvalue weighted by Crippen LogP contribution is 2.22. The van der Waals surface area contributed by atoms with Gasteiger partial charge in [-0.05, 0) is 11.6 Å². The van der Waals surface area contributed by atoms with Gasteiger partial charge in [-0.3, -0.25) is 4.79 Å². The molecule has 0 aliphatic rings. The number of carbonyl (C=O) groups is 1. The average Bonchev–Trinajstić information content (AvgIpc) is 2.87. The number of benzene rings is 1. The van der Waals surface area contributed by atoms with Gasteiger partial charge in [0.25, 0.3) is 0 Å². The largest absolute Gasteiger partial charge is 0.330 e. The highest BCUT2D eigenvalue weighted by atomic mass is 35.5. The van der Waals surface area contributed by atoms with Gasteiger partial charge in [0.2, 0.25) is 5.91 Å². The second kappa shape index (κ2) is 8.07. The lowest BCUT2D eigenvalue weighted by Crippen LogP contribution is -2.26. The van der Waals surface area contributed by atoms with E-state index in [0.717, 1.165) is 4.88 Å². The summed E-state index contributed by atoms with van der Waals surface area (Å²) < 4.78 is 13.5. The van der Waals surface area contributed by atoms with Crippen molar-refractivity contribution < 1.29 is 9.18 Å². The number of nitrogens with zero attached hydrogens (tertiary/aromatic N) is 1. The van der Waals surface area contributed by atoms with E-state index in [9.17, 15) is 9.18 Å². The molecular weight excluding hydrogens is 313 g/mol. The first-order valence-electron chi connectivity index (χ1n) is 6.29. The molecule has 1 heterocycles. The molecule has 0 radical (unpaired) electrons. The topological polar surface area (TPSA) is 68.0 Å². The molecule has 1 unspecified atom stereocenters. The molecule has 0 aliphatic carbocycles. The van der Waals surface area contributed by atoms with Crippen LogP contribution in [0, 0.1) is 11.7 Å². The van der Waals surface area contributed by atoms with Crippen LogP contribution in [0.15, 0.2) is 30.5 Å². The van der Waals surface area contributed by atoms with E-state index in [2.05, 4.69) is 10.3 Å². The van der Waals surface area contributed by atoms with E-state index >= 15 is 0 Å². The summed E-state index contributed by atoms with van der Waals surface area (Å²) >= 11 is 1.34. The van der Waals surface area contributed by atoms with Gasteiger partial charge in [-0.15, -0.1) is 23.7 Å². The Morgan fingerprint density at radius 3 is 2.86 bits per heavy atom. The van der Waals surface area contributed by atoms with Gasteiger partial charge < -0.3 is 11.1 Å². The van der Waals surface area contributed by atoms with Gasteiger partial charge in [-0.1, -0.05) is 25.1 Å². The van der Waals surface area contributed by atoms with Gasteiger partial charge in [-0.2, -0.15) is 0 Å². The Morgan fingerprint density at radius 2 is 2.19 bits per heavy atom. The second-order valence-corrected chi connectivity index (χ2v) is 5.64. The molecule has 2 rings (SSSR count). The van der Waals surface area contributed by atoms with Gasteiger partial charge >= 0.3 is 0 Å². The van der Waals surface area contributed by atoms with Crippen LogP contribution in [-0.2, 0) is 11.2 Å². The number of thiazole rings is 1. The smallest absolute Gasteiger partial charge is 0.230 e. The van der Waals surface area contributed by atoms with Crippen molar-refractivity contribution in [2.24, 2.45) is 11.7 Å². The Hall–Kier alpha value is -1.50. The minimum atomic E-state index is -0.256. The maximum Gasteiger partial charge on any atom is 0.230 e. The van der Waals surface area contributed by atoms with Gasteiger partial charge in [0, 0.05) is 30.0 Å². The van der Waals surface area contributed by atoms with Crippen LogP contribution >= 0.6 is 23.7 Å². The van der Waals surface area contributed by atoms with Crippen LogP contribution in [0.3, 0.4) is 0 Å². The zero-order valence-electron chi connectivity index (χ0n) is 11.5. The van der Waals surface area contributed by atoms with Crippen molar-refractivity contribution in [3.63, 3.8) is 0 Å². The molecule has 0 saturated heterocycles. The first-order valence-corrected chi connectivity index (χ1v) is 7.11. The molecule has 1 aromatic carbocycles. The first-order chi connectivity index (χ1) is 9.60. The number of rotatable bonds is 5. The monoisotopic (exact) mass is 329 g/mol. The van der Waals surface area contributed by atoms with Crippen LogP contribution in [0.4, 0.5) is 9.52 Å². The van der Waals surface area contributed by atoms with E-state index in [1.807, 2.05) is 0 Å². The molecule has 1 atom stereocenters. The third-order valence-electron chi connectivity index (χ3n) is 2.91. The third-order valence-corrected chi connectivity index (χ3v) is 3.82. The molecular formula is C14H17ClFN3OS. The van der Waals surface area contributed by atoms with Crippen LogP contribution in [0.1, 0.15) is 17.4 Å². The maximum absolute atomic E-state index is 13.5. The lowest BCUT2D eigenvalue weighted by Gasteiger charge is -2.06. The highest BCUT2D eigenvalue weighted by Gasteiger charge is 2.13. The van der Waals surface area contributed by atoms with Crippen molar-refractivity contribution >= 4 is 34.8 Å². The first kappa shape index (κ1) is 17.6. The second-order valence-electron chi connectivity index (χ2n) is 4.53. The number of amides is 1. The van der Waals surface area contributed by atoms with Crippen molar-refractivity contribution in [1.29, 1.82) is 0 Å². The zero-order valence-corrected chi connectivity index (χ0v) is 13.1. The Labute approximate surface area is 133 Å². The Kier molecular flexibility index (Phi) is 6.74. The molecule has 21 heavy (non-hydrogen) atoms. The fraction of sp³-hybridized carbons (Fsp3) is 0.286. The molecule has 114 valence electrons. The van der Waals surface area contributed by atoms with Gasteiger partial charge in [0.05, 0.1) is 0 Å². The van der Waals surface area contributed by atoms with Gasteiger partial charge in [0.1, 0.15) is 5.82 Å². The van der Waals surface area contributed by atoms with Crippen LogP contribution in [-0.4, -0.2) is 17.4 Å². The molecule has 1 amide bonds. The Morgan fingerprint density at radius 1 is 1.48 bits per heavy atom. The van der Waals surface area contributed by atoms with Crippen molar-refractivity contribution in [3.05, 3.63) is 46.7 Å². The summed E-state index contributed by atoms with van der Waals surface area (Å²) in [5, 5.41) is 3.22. The van der Waals surface area contributed by atoms with E-state index in [-0.39, 0.29) is 30.0 Å². The van der Waals surface area contributed by atoms with Gasteiger partial charge in [-0.25, -0.2) is 9.37 Å². The molecule has 0 spiro atoms. The highest BCUT2D eigenvalue weighted by molar-refractivity contribution is 7.15. The van der Waals surface area contributed by atoms with Crippen LogP contribution < -0.4 is 11.1 Å². The van der Waals surface area contributed by atoms with Crippen molar-refractivity contribution in [3.8, 4) is 0 Å². The summed E-state index contributed by atoms with van der Waals surface area (Å²) in [6.45, 7) is 2.04. The standard InChI is InChI=1S/C14H16FN3OS.ClH/c1-9(7-16)13(19)18-14-17-8-11(20-14)6-10-4-2-3-5-12(10)15;/h2-5,8-9H,6-7,16H2,1H3,(H,17,18,19);1H. The van der Waals surface area contributed by atoms with Crippen LogP contribution in [0.5, 0.6) is 0 Å². The number of carbonyl (C=O) groups excluding carboxylic acids is 1. The lowest BCUT2D eigenvalue weighted by atomic mass is 10.1. The fourth-order valence-corrected chi connectivity index (χ4v) is 2.45. The van der Waals surface area contributed by atoms with E-state index in [4.69, 9.17) is 5.73 Å². The maximum atomic E-state index is 13.5. The number of anilines is 1. The van der Waals surface area contributed by atoms with Crippen LogP contribution in [0.2, 0.25) is 0 Å². The number of halogens is 2. The van der Waals surface area contributed by atoms with Crippen molar-refractivity contribution in [1.82, 2.24) is 4.98 Å². The Bertz CT molecular complexity index is 605. The van der Waals surface area contributed by atoms with Crippen molar-refractivity contribution in [2.75, 3.05) is 11.9 Å². The molecule has 0 aliphatic heterocycles. The summed E-state index contributed by atoms with van der Waals surface area (Å²) in [5.41, 5.74) is 6.05. The summed E-state index contributed by atoms with van der Waals surface area (Å²) in [4.78, 5) is 16.7. The zero-order chi connectivity index (χ0) is 14.5. The molecule has 0 fully saturated rings. The fourth-order valence-electron chi connectivity index (χ4n) is 1.61. The van der Waals surface area contributed by atoms with E-state index < -0.39 is 0 Å². The summed E-state index contributed by atoms with van der Waals surface area (Å²) in [6, 6.07) is 6.63. The summed E-state index contributed by atoms with van der Waals surface area (Å²) in [6.07, 6.45) is 2.12. The molecule has 0 saturated carbocycles. The number of nitrogens with two attached hydrogens (primary N) is 1. The third kappa shape index (κ3) is 4.77. The lowest BCUT2D eigenvalue weighted by molar-refractivity contribution is -0.119. The molecule has 2 aromatic rings. The average molecular weight is 330 g/mol. The number of nitrogens with one attached hydrogen (secondary N) is 1. The molecule has 7 heteroatoms. The minimum absolute atomic E-state index is 0. The molecule has 0 bridgehead atoms. The molecule has 4 nitrogen and oxygen atoms in total. The SMILES string of the molecule is CC(CN)C(=O)Nc1ncc(Cc2ccccc2F)s1.Cl. The predicted octanol–water partition coefficient (Wildman–Crippen LogP) is 2.83. The predicted molar refractivity (Wildman–Crippen MR) is 85.4 cm³/mol. The quantitative estimate of drug-likeness (QED) is 0.886. The number of hydrogen-bond acceptors (Lipinski definition) is 4. The van der Waals surface area contributed by atoms with E-state index in [0.29, 0.717) is 23.7 Å². The minimum Gasteiger partial charge on any atom is -0.330 e. The number of aromatic nitrogens is 1. The summed E-state index contributed by atoms with van der Waals surface area (Å²) in [7, 11) is 0. The molecule has 1 aromatic heterocycles. The van der Waals surface area contributed by atoms with Crippen LogP contribution in [0.25, 0.3) is 0 Å². The summed E-state index contributed by atoms with van der Waals surface area (Å²) in [5.74, 6) is -0.642. The normalized spacial score (nSPS) is 11.6. The van der Waals surface area contributed by atoms with Crippen molar-refractivity contribution in [2.45, 2.75) is 13.3 Å². The van der Waals surface area contributed by atoms with Gasteiger partial charge in [0.15, 0.2) is 5.13 Å². The molecule has 3 N–H and O–H groups in total. The van der Waals surface area contributed by atoms with E-state index in [1.54, 1.807) is 31.3 Å².